The van der Waals surface area contributed by atoms with Crippen molar-refractivity contribution in [3.8, 4) is 11.5 Å². The van der Waals surface area contributed by atoms with E-state index >= 15 is 0 Å². The molecule has 1 aliphatic rings. The Morgan fingerprint density at radius 3 is 2.81 bits per heavy atom. The Morgan fingerprint density at radius 2 is 2.09 bits per heavy atom. The molecule has 11 heteroatoms. The molecule has 0 unspecified atom stereocenters. The maximum absolute atomic E-state index is 11.3. The molecule has 0 saturated carbocycles. The molecule has 0 spiro atoms. The van der Waals surface area contributed by atoms with E-state index in [0.29, 0.717) is 40.3 Å². The fourth-order valence-corrected chi connectivity index (χ4v) is 4.28. The number of ether oxygens (including phenoxy) is 3. The summed E-state index contributed by atoms with van der Waals surface area (Å²) < 4.78 is 16.9. The van der Waals surface area contributed by atoms with Gasteiger partial charge in [-0.3, -0.25) is 4.90 Å². The van der Waals surface area contributed by atoms with Crippen LogP contribution < -0.4 is 14.8 Å². The first kappa shape index (κ1) is 22.2. The summed E-state index contributed by atoms with van der Waals surface area (Å²) in [4.78, 5) is 26.8. The maximum Gasteiger partial charge on any atom is 0.347 e. The van der Waals surface area contributed by atoms with Gasteiger partial charge in [-0.15, -0.1) is 0 Å². The number of hydrogen-bond donors (Lipinski definition) is 2. The standard InChI is InChI=1S/C21H25N5O5S/c1-13-18(20(27)28)32-21(24-13)25-19-14-10-16(29-2)17(11-15(14)22-12-23-19)31-7-3-4-26-5-8-30-9-6-26/h10-12H,3-9H2,1-2H3,(H,27,28)(H,22,23,24,25). The van der Waals surface area contributed by atoms with Crippen LogP contribution in [-0.4, -0.2) is 77.5 Å². The molecule has 4 rings (SSSR count). The first-order valence-corrected chi connectivity index (χ1v) is 11.1. The Labute approximate surface area is 189 Å². The fraction of sp³-hybridized carbons (Fsp3) is 0.429. The molecule has 0 amide bonds. The highest BCUT2D eigenvalue weighted by atomic mass is 32.1. The lowest BCUT2D eigenvalue weighted by atomic mass is 10.2. The average molecular weight is 460 g/mol. The van der Waals surface area contributed by atoms with Crippen LogP contribution in [0.25, 0.3) is 10.9 Å². The van der Waals surface area contributed by atoms with Crippen molar-refractivity contribution in [1.29, 1.82) is 0 Å². The highest BCUT2D eigenvalue weighted by Gasteiger charge is 2.17. The van der Waals surface area contributed by atoms with Gasteiger partial charge in [0.1, 0.15) is 17.0 Å². The molecule has 0 aliphatic carbocycles. The summed E-state index contributed by atoms with van der Waals surface area (Å²) in [6.45, 7) is 6.67. The monoisotopic (exact) mass is 459 g/mol. The lowest BCUT2D eigenvalue weighted by molar-refractivity contribution is 0.0357. The molecule has 10 nitrogen and oxygen atoms in total. The van der Waals surface area contributed by atoms with Crippen LogP contribution in [0.1, 0.15) is 21.8 Å². The summed E-state index contributed by atoms with van der Waals surface area (Å²) in [5.74, 6) is 0.698. The summed E-state index contributed by atoms with van der Waals surface area (Å²) in [5, 5.41) is 13.5. The second kappa shape index (κ2) is 10.1. The summed E-state index contributed by atoms with van der Waals surface area (Å²) >= 11 is 1.06. The smallest absolute Gasteiger partial charge is 0.347 e. The van der Waals surface area contributed by atoms with E-state index in [1.165, 1.54) is 6.33 Å². The van der Waals surface area contributed by atoms with Gasteiger partial charge in [0, 0.05) is 31.1 Å². The lowest BCUT2D eigenvalue weighted by Crippen LogP contribution is -2.37. The second-order valence-electron chi connectivity index (χ2n) is 7.26. The van der Waals surface area contributed by atoms with E-state index in [1.807, 2.05) is 12.1 Å². The number of methoxy groups -OCH3 is 1. The number of carboxylic acid groups (broad SMARTS) is 1. The number of nitrogens with zero attached hydrogens (tertiary/aromatic N) is 4. The molecule has 3 aromatic rings. The van der Waals surface area contributed by atoms with Gasteiger partial charge >= 0.3 is 5.97 Å². The molecule has 2 N–H and O–H groups in total. The molecule has 2 aromatic heterocycles. The SMILES string of the molecule is COc1cc2c(Nc3nc(C)c(C(=O)O)s3)ncnc2cc1OCCCN1CCOCC1. The van der Waals surface area contributed by atoms with Gasteiger partial charge in [0.2, 0.25) is 0 Å². The number of carboxylic acids is 1. The molecule has 170 valence electrons. The van der Waals surface area contributed by atoms with Gasteiger partial charge < -0.3 is 24.6 Å². The zero-order valence-corrected chi connectivity index (χ0v) is 18.8. The number of aromatic carboxylic acids is 1. The molecule has 0 radical (unpaired) electrons. The van der Waals surface area contributed by atoms with E-state index in [2.05, 4.69) is 25.2 Å². The molecule has 1 fully saturated rings. The van der Waals surface area contributed by atoms with Crippen molar-refractivity contribution in [1.82, 2.24) is 19.9 Å². The van der Waals surface area contributed by atoms with Crippen molar-refractivity contribution in [2.75, 3.05) is 51.9 Å². The largest absolute Gasteiger partial charge is 0.493 e. The number of anilines is 2. The number of carbonyl (C=O) groups is 1. The molecule has 1 aliphatic heterocycles. The van der Waals surface area contributed by atoms with Crippen LogP contribution in [0.15, 0.2) is 18.5 Å². The second-order valence-corrected chi connectivity index (χ2v) is 8.26. The highest BCUT2D eigenvalue weighted by molar-refractivity contribution is 7.17. The number of aromatic nitrogens is 3. The number of aryl methyl sites for hydroxylation is 1. The molecule has 1 aromatic carbocycles. The molecule has 32 heavy (non-hydrogen) atoms. The van der Waals surface area contributed by atoms with Gasteiger partial charge in [0.25, 0.3) is 0 Å². The number of hydrogen-bond acceptors (Lipinski definition) is 10. The topological polar surface area (TPSA) is 119 Å². The normalized spacial score (nSPS) is 14.4. The quantitative estimate of drug-likeness (QED) is 0.462. The Kier molecular flexibility index (Phi) is 6.98. The Balaban J connectivity index is 1.49. The zero-order valence-electron chi connectivity index (χ0n) is 18.0. The van der Waals surface area contributed by atoms with Crippen LogP contribution in [-0.2, 0) is 4.74 Å². The lowest BCUT2D eigenvalue weighted by Gasteiger charge is -2.26. The van der Waals surface area contributed by atoms with Crippen molar-refractivity contribution in [3.05, 3.63) is 29.0 Å². The van der Waals surface area contributed by atoms with Crippen molar-refractivity contribution in [2.24, 2.45) is 0 Å². The van der Waals surface area contributed by atoms with Crippen LogP contribution >= 0.6 is 11.3 Å². The van der Waals surface area contributed by atoms with Crippen LogP contribution in [0.4, 0.5) is 10.9 Å². The van der Waals surface area contributed by atoms with Gasteiger partial charge in [-0.1, -0.05) is 11.3 Å². The minimum atomic E-state index is -1.00. The van der Waals surface area contributed by atoms with Crippen LogP contribution in [0.5, 0.6) is 11.5 Å². The third-order valence-electron chi connectivity index (χ3n) is 5.12. The summed E-state index contributed by atoms with van der Waals surface area (Å²) in [7, 11) is 1.59. The molecular formula is C21H25N5O5S. The number of morpholine rings is 1. The number of fused-ring (bicyclic) bond motifs is 1. The van der Waals surface area contributed by atoms with Crippen LogP contribution in [0, 0.1) is 6.92 Å². The maximum atomic E-state index is 11.3. The van der Waals surface area contributed by atoms with Gasteiger partial charge in [-0.2, -0.15) is 0 Å². The number of benzene rings is 1. The van der Waals surface area contributed by atoms with Crippen molar-refractivity contribution in [2.45, 2.75) is 13.3 Å². The predicted molar refractivity (Wildman–Crippen MR) is 121 cm³/mol. The Bertz CT molecular complexity index is 1100. The molecule has 0 atom stereocenters. The Hall–Kier alpha value is -3.02. The Morgan fingerprint density at radius 1 is 1.28 bits per heavy atom. The minimum Gasteiger partial charge on any atom is -0.493 e. The van der Waals surface area contributed by atoms with Gasteiger partial charge in [0.05, 0.1) is 38.1 Å². The van der Waals surface area contributed by atoms with E-state index in [-0.39, 0.29) is 4.88 Å². The zero-order chi connectivity index (χ0) is 22.5. The average Bonchev–Trinajstić information content (AvgIpc) is 3.17. The van der Waals surface area contributed by atoms with E-state index in [1.54, 1.807) is 14.0 Å². The molecular weight excluding hydrogens is 434 g/mol. The van der Waals surface area contributed by atoms with Gasteiger partial charge in [-0.25, -0.2) is 19.7 Å². The number of thiazole rings is 1. The summed E-state index contributed by atoms with van der Waals surface area (Å²) in [6.07, 6.45) is 2.34. The van der Waals surface area contributed by atoms with Crippen molar-refractivity contribution in [3.63, 3.8) is 0 Å². The van der Waals surface area contributed by atoms with Crippen LogP contribution in [0.3, 0.4) is 0 Å². The predicted octanol–water partition coefficient (Wildman–Crippen LogP) is 2.95. The first-order valence-electron chi connectivity index (χ1n) is 10.3. The molecule has 0 bridgehead atoms. The van der Waals surface area contributed by atoms with Gasteiger partial charge in [-0.05, 0) is 19.4 Å². The third-order valence-corrected chi connectivity index (χ3v) is 6.18. The number of nitrogens with one attached hydrogen (secondary N) is 1. The molecule has 3 heterocycles. The fourth-order valence-electron chi connectivity index (χ4n) is 3.48. The van der Waals surface area contributed by atoms with Crippen LogP contribution in [0.2, 0.25) is 0 Å². The summed E-state index contributed by atoms with van der Waals surface area (Å²) in [6, 6.07) is 3.64. The van der Waals surface area contributed by atoms with Crippen molar-refractivity contribution < 1.29 is 24.1 Å². The van der Waals surface area contributed by atoms with E-state index in [9.17, 15) is 9.90 Å². The summed E-state index contributed by atoms with van der Waals surface area (Å²) in [5.41, 5.74) is 1.13. The molecule has 1 saturated heterocycles. The van der Waals surface area contributed by atoms with E-state index < -0.39 is 5.97 Å². The first-order chi connectivity index (χ1) is 15.5. The minimum absolute atomic E-state index is 0.191. The van der Waals surface area contributed by atoms with E-state index in [0.717, 1.165) is 56.0 Å². The van der Waals surface area contributed by atoms with Crippen molar-refractivity contribution >= 4 is 39.2 Å². The van der Waals surface area contributed by atoms with E-state index in [4.69, 9.17) is 14.2 Å². The third kappa shape index (κ3) is 5.06. The highest BCUT2D eigenvalue weighted by Crippen LogP contribution is 2.35. The van der Waals surface area contributed by atoms with Gasteiger partial charge in [0.15, 0.2) is 16.6 Å². The number of rotatable bonds is 9.